The number of hydrogen-bond donors (Lipinski definition) is 2. The molecule has 2 aromatic rings. The first-order valence-electron chi connectivity index (χ1n) is 9.12. The van der Waals surface area contributed by atoms with E-state index in [2.05, 4.69) is 25.3 Å². The van der Waals surface area contributed by atoms with E-state index in [1.807, 2.05) is 48.5 Å². The van der Waals surface area contributed by atoms with Gasteiger partial charge in [0.25, 0.3) is 10.1 Å². The van der Waals surface area contributed by atoms with E-state index in [1.165, 1.54) is 5.56 Å². The molecule has 0 aliphatic heterocycles. The standard InChI is InChI=1S/C20H25O7PS.K.H/c1-20(2,3)16-10-12-17(13-11-16)26-18-8-4-6-15(14-18)7-5-9-19(27-28(21)22)29(23,24)25;;/h4,6,8,10-14,19H,5,7,9H2,1-3H3,(H-,21,22,23,24,25);;/q;+1;-1/p+1. The maximum atomic E-state index is 11.2. The Kier molecular flexibility index (Phi) is 11.3. The van der Waals surface area contributed by atoms with Crippen LogP contribution in [0.25, 0.3) is 0 Å². The molecular formula is C20H27KO7PS+. The van der Waals surface area contributed by atoms with Crippen molar-refractivity contribution in [3.8, 4) is 11.5 Å². The molecular weight excluding hydrogens is 454 g/mol. The first-order chi connectivity index (χ1) is 13.4. The number of rotatable bonds is 9. The Hall–Kier alpha value is -0.194. The SMILES string of the molecule is CC(C)(C)c1ccc(Oc2cccc(CCCC(O[P+](=O)O)S(=O)(=O)O)c2)cc1.[H-].[K+]. The number of benzene rings is 2. The van der Waals surface area contributed by atoms with Crippen LogP contribution in [0.3, 0.4) is 0 Å². The zero-order chi connectivity index (χ0) is 21.7. The van der Waals surface area contributed by atoms with E-state index in [9.17, 15) is 13.0 Å². The largest absolute Gasteiger partial charge is 1.00 e. The van der Waals surface area contributed by atoms with Gasteiger partial charge in [-0.15, -0.1) is 4.89 Å². The summed E-state index contributed by atoms with van der Waals surface area (Å²) in [6.07, 6.45) is 0.703. The van der Waals surface area contributed by atoms with Gasteiger partial charge >= 0.3 is 59.6 Å². The second kappa shape index (κ2) is 12.2. The Morgan fingerprint density at radius 2 is 1.73 bits per heavy atom. The molecule has 0 heterocycles. The minimum absolute atomic E-state index is 0. The van der Waals surface area contributed by atoms with Crippen molar-refractivity contribution in [2.24, 2.45) is 0 Å². The van der Waals surface area contributed by atoms with Crippen molar-refractivity contribution >= 4 is 18.4 Å². The van der Waals surface area contributed by atoms with E-state index in [0.717, 1.165) is 5.56 Å². The molecule has 160 valence electrons. The zero-order valence-corrected chi connectivity index (χ0v) is 22.4. The van der Waals surface area contributed by atoms with E-state index in [-0.39, 0.29) is 64.6 Å². The first kappa shape index (κ1) is 27.8. The average Bonchev–Trinajstić information content (AvgIpc) is 2.60. The van der Waals surface area contributed by atoms with Gasteiger partial charge in [-0.05, 0) is 60.1 Å². The fourth-order valence-corrected chi connectivity index (χ4v) is 4.18. The Bertz CT molecular complexity index is 947. The van der Waals surface area contributed by atoms with E-state index < -0.39 is 23.8 Å². The quantitative estimate of drug-likeness (QED) is 0.321. The molecule has 10 heteroatoms. The molecule has 0 aliphatic rings. The van der Waals surface area contributed by atoms with E-state index >= 15 is 0 Å². The molecule has 0 spiro atoms. The van der Waals surface area contributed by atoms with Crippen LogP contribution in [0, 0.1) is 0 Å². The van der Waals surface area contributed by atoms with E-state index in [0.29, 0.717) is 24.3 Å². The minimum atomic E-state index is -4.57. The van der Waals surface area contributed by atoms with Gasteiger partial charge in [0.15, 0.2) is 0 Å². The summed E-state index contributed by atoms with van der Waals surface area (Å²) in [5.41, 5.74) is 0.442. The van der Waals surface area contributed by atoms with Crippen LogP contribution < -0.4 is 56.1 Å². The Morgan fingerprint density at radius 1 is 1.10 bits per heavy atom. The maximum Gasteiger partial charge on any atom is 1.00 e. The van der Waals surface area contributed by atoms with Crippen LogP contribution in [0.15, 0.2) is 48.5 Å². The van der Waals surface area contributed by atoms with E-state index in [4.69, 9.17) is 14.2 Å². The van der Waals surface area contributed by atoms with Gasteiger partial charge < -0.3 is 6.16 Å². The van der Waals surface area contributed by atoms with Gasteiger partial charge in [0.2, 0.25) is 5.44 Å². The molecule has 0 amide bonds. The van der Waals surface area contributed by atoms with Gasteiger partial charge in [-0.25, -0.2) is 0 Å². The Labute approximate surface area is 222 Å². The van der Waals surface area contributed by atoms with Crippen LogP contribution in [-0.2, 0) is 31.0 Å². The molecule has 0 bridgehead atoms. The van der Waals surface area contributed by atoms with Gasteiger partial charge in [0, 0.05) is 4.57 Å². The topological polar surface area (TPSA) is 110 Å². The molecule has 0 saturated heterocycles. The molecule has 2 aromatic carbocycles. The van der Waals surface area contributed by atoms with Crippen molar-refractivity contribution in [2.75, 3.05) is 0 Å². The molecule has 0 aromatic heterocycles. The maximum absolute atomic E-state index is 11.2. The number of aryl methyl sites for hydroxylation is 1. The van der Waals surface area contributed by atoms with Crippen LogP contribution in [0.5, 0.6) is 11.5 Å². The minimum Gasteiger partial charge on any atom is -1.00 e. The summed E-state index contributed by atoms with van der Waals surface area (Å²) in [4.78, 5) is 8.74. The molecule has 0 radical (unpaired) electrons. The van der Waals surface area contributed by atoms with Gasteiger partial charge in [-0.1, -0.05) is 49.6 Å². The Morgan fingerprint density at radius 3 is 2.27 bits per heavy atom. The van der Waals surface area contributed by atoms with Crippen LogP contribution in [0.4, 0.5) is 0 Å². The normalized spacial score (nSPS) is 13.3. The second-order valence-corrected chi connectivity index (χ2v) is 9.95. The van der Waals surface area contributed by atoms with Crippen molar-refractivity contribution < 1.29 is 84.5 Å². The van der Waals surface area contributed by atoms with Crippen LogP contribution in [-0.4, -0.2) is 23.3 Å². The van der Waals surface area contributed by atoms with Crippen LogP contribution in [0.1, 0.15) is 46.2 Å². The molecule has 0 saturated carbocycles. The number of ether oxygens (including phenoxy) is 1. The summed E-state index contributed by atoms with van der Waals surface area (Å²) >= 11 is 0. The molecule has 2 rings (SSSR count). The molecule has 2 N–H and O–H groups in total. The smallest absolute Gasteiger partial charge is 1.00 e. The zero-order valence-electron chi connectivity index (χ0n) is 18.6. The fourth-order valence-electron chi connectivity index (χ4n) is 2.75. The summed E-state index contributed by atoms with van der Waals surface area (Å²) in [6, 6.07) is 15.2. The first-order valence-corrected chi connectivity index (χ1v) is 11.7. The monoisotopic (exact) mass is 481 g/mol. The molecule has 7 nitrogen and oxygen atoms in total. The van der Waals surface area contributed by atoms with Gasteiger partial charge in [0.1, 0.15) is 11.5 Å². The van der Waals surface area contributed by atoms with Crippen molar-refractivity contribution in [3.63, 3.8) is 0 Å². The van der Waals surface area contributed by atoms with Crippen LogP contribution in [0.2, 0.25) is 0 Å². The predicted octanol–water partition coefficient (Wildman–Crippen LogP) is 2.10. The molecule has 30 heavy (non-hydrogen) atoms. The van der Waals surface area contributed by atoms with Crippen molar-refractivity contribution in [1.29, 1.82) is 0 Å². The molecule has 2 atom stereocenters. The Balaban J connectivity index is 0.00000450. The van der Waals surface area contributed by atoms with Crippen molar-refractivity contribution in [2.45, 2.75) is 50.9 Å². The average molecular weight is 482 g/mol. The van der Waals surface area contributed by atoms with Crippen molar-refractivity contribution in [1.82, 2.24) is 0 Å². The predicted molar refractivity (Wildman–Crippen MR) is 112 cm³/mol. The number of hydrogen-bond acceptors (Lipinski definition) is 5. The van der Waals surface area contributed by atoms with Crippen LogP contribution >= 0.6 is 8.25 Å². The van der Waals surface area contributed by atoms with Gasteiger partial charge in [-0.3, -0.25) is 4.55 Å². The fraction of sp³-hybridized carbons (Fsp3) is 0.400. The van der Waals surface area contributed by atoms with Crippen molar-refractivity contribution in [3.05, 3.63) is 59.7 Å². The third-order valence-corrected chi connectivity index (χ3v) is 5.87. The summed E-state index contributed by atoms with van der Waals surface area (Å²) < 4.78 is 52.5. The van der Waals surface area contributed by atoms with E-state index in [1.54, 1.807) is 0 Å². The summed E-state index contributed by atoms with van der Waals surface area (Å²) in [5, 5.41) is 0. The molecule has 0 fully saturated rings. The summed E-state index contributed by atoms with van der Waals surface area (Å²) in [5.74, 6) is 1.36. The molecule has 2 unspecified atom stereocenters. The van der Waals surface area contributed by atoms with Gasteiger partial charge in [0.05, 0.1) is 0 Å². The molecule has 0 aliphatic carbocycles. The third-order valence-electron chi connectivity index (χ3n) is 4.30. The summed E-state index contributed by atoms with van der Waals surface area (Å²) in [6.45, 7) is 6.42. The summed E-state index contributed by atoms with van der Waals surface area (Å²) in [7, 11) is -7.70. The third kappa shape index (κ3) is 9.52. The second-order valence-electron chi connectivity index (χ2n) is 7.70. The van der Waals surface area contributed by atoms with Gasteiger partial charge in [-0.2, -0.15) is 8.42 Å².